The molecular formula is C13H11N3O3. The number of nitriles is 1. The monoisotopic (exact) mass is 257 g/mol. The lowest BCUT2D eigenvalue weighted by Crippen LogP contribution is -2.32. The van der Waals surface area contributed by atoms with Crippen molar-refractivity contribution in [3.8, 4) is 17.5 Å². The molecule has 6 nitrogen and oxygen atoms in total. The first-order valence-corrected chi connectivity index (χ1v) is 5.53. The predicted molar refractivity (Wildman–Crippen MR) is 66.0 cm³/mol. The SMILES string of the molecule is N#Cc1coc(-c2ccc(CC(N)C(=O)O)cc2)n1. The Morgan fingerprint density at radius 3 is 2.68 bits per heavy atom. The Kier molecular flexibility index (Phi) is 3.59. The summed E-state index contributed by atoms with van der Waals surface area (Å²) in [4.78, 5) is 14.6. The molecule has 0 bridgehead atoms. The van der Waals surface area contributed by atoms with Gasteiger partial charge in [0.1, 0.15) is 18.4 Å². The molecule has 1 unspecified atom stereocenters. The maximum absolute atomic E-state index is 10.6. The average molecular weight is 257 g/mol. The standard InChI is InChI=1S/C13H11N3O3/c14-6-10-7-19-12(16-10)9-3-1-8(2-4-9)5-11(15)13(17)18/h1-4,7,11H,5,15H2,(H,17,18). The molecule has 1 heterocycles. The van der Waals surface area contributed by atoms with Crippen molar-refractivity contribution in [1.82, 2.24) is 4.98 Å². The highest BCUT2D eigenvalue weighted by molar-refractivity contribution is 5.73. The first-order valence-electron chi connectivity index (χ1n) is 5.53. The molecule has 0 aliphatic carbocycles. The van der Waals surface area contributed by atoms with E-state index >= 15 is 0 Å². The zero-order valence-corrected chi connectivity index (χ0v) is 9.91. The summed E-state index contributed by atoms with van der Waals surface area (Å²) in [6.07, 6.45) is 1.54. The molecule has 0 spiro atoms. The van der Waals surface area contributed by atoms with Gasteiger partial charge in [-0.25, -0.2) is 0 Å². The second kappa shape index (κ2) is 5.33. The first kappa shape index (κ1) is 12.8. The summed E-state index contributed by atoms with van der Waals surface area (Å²) < 4.78 is 5.15. The van der Waals surface area contributed by atoms with Gasteiger partial charge in [-0.1, -0.05) is 12.1 Å². The van der Waals surface area contributed by atoms with Crippen LogP contribution in [0, 0.1) is 11.3 Å². The molecule has 96 valence electrons. The Bertz CT molecular complexity index is 625. The van der Waals surface area contributed by atoms with E-state index in [0.717, 1.165) is 5.56 Å². The van der Waals surface area contributed by atoms with Gasteiger partial charge in [-0.05, 0) is 24.1 Å². The summed E-state index contributed by atoms with van der Waals surface area (Å²) in [5.74, 6) is -0.680. The number of hydrogen-bond donors (Lipinski definition) is 2. The normalized spacial score (nSPS) is 11.8. The molecule has 0 saturated heterocycles. The lowest BCUT2D eigenvalue weighted by atomic mass is 10.0. The molecular weight excluding hydrogens is 246 g/mol. The third-order valence-electron chi connectivity index (χ3n) is 2.59. The van der Waals surface area contributed by atoms with Crippen LogP contribution in [0.4, 0.5) is 0 Å². The van der Waals surface area contributed by atoms with E-state index < -0.39 is 12.0 Å². The molecule has 0 aliphatic heterocycles. The van der Waals surface area contributed by atoms with Crippen molar-refractivity contribution in [2.75, 3.05) is 0 Å². The van der Waals surface area contributed by atoms with Crippen molar-refractivity contribution in [1.29, 1.82) is 5.26 Å². The summed E-state index contributed by atoms with van der Waals surface area (Å²) in [6.45, 7) is 0. The highest BCUT2D eigenvalue weighted by Crippen LogP contribution is 2.19. The lowest BCUT2D eigenvalue weighted by Gasteiger charge is -2.06. The minimum atomic E-state index is -1.03. The molecule has 19 heavy (non-hydrogen) atoms. The first-order chi connectivity index (χ1) is 9.10. The number of hydrogen-bond acceptors (Lipinski definition) is 5. The number of aromatic nitrogens is 1. The highest BCUT2D eigenvalue weighted by atomic mass is 16.4. The molecule has 2 rings (SSSR count). The quantitative estimate of drug-likeness (QED) is 0.849. The van der Waals surface area contributed by atoms with Crippen LogP contribution in [0.15, 0.2) is 34.9 Å². The molecule has 1 aromatic heterocycles. The van der Waals surface area contributed by atoms with Crippen molar-refractivity contribution in [2.45, 2.75) is 12.5 Å². The second-order valence-corrected chi connectivity index (χ2v) is 4.00. The van der Waals surface area contributed by atoms with Gasteiger partial charge in [0.15, 0.2) is 5.69 Å². The Hall–Kier alpha value is -2.65. The van der Waals surface area contributed by atoms with E-state index in [1.807, 2.05) is 6.07 Å². The van der Waals surface area contributed by atoms with Gasteiger partial charge in [0, 0.05) is 5.56 Å². The van der Waals surface area contributed by atoms with Crippen LogP contribution >= 0.6 is 0 Å². The van der Waals surface area contributed by atoms with E-state index in [9.17, 15) is 4.79 Å². The van der Waals surface area contributed by atoms with E-state index in [2.05, 4.69) is 4.98 Å². The van der Waals surface area contributed by atoms with Gasteiger partial charge in [-0.2, -0.15) is 10.2 Å². The summed E-state index contributed by atoms with van der Waals surface area (Å²) >= 11 is 0. The molecule has 0 aliphatic rings. The molecule has 0 radical (unpaired) electrons. The summed E-state index contributed by atoms with van der Waals surface area (Å²) in [5.41, 5.74) is 7.20. The highest BCUT2D eigenvalue weighted by Gasteiger charge is 2.12. The summed E-state index contributed by atoms with van der Waals surface area (Å²) in [5, 5.41) is 17.4. The number of carbonyl (C=O) groups is 1. The van der Waals surface area contributed by atoms with E-state index in [-0.39, 0.29) is 12.1 Å². The Balaban J connectivity index is 2.14. The zero-order valence-electron chi connectivity index (χ0n) is 9.91. The molecule has 3 N–H and O–H groups in total. The van der Waals surface area contributed by atoms with Gasteiger partial charge in [0.2, 0.25) is 5.89 Å². The van der Waals surface area contributed by atoms with Crippen LogP contribution in [0.1, 0.15) is 11.3 Å². The molecule has 1 atom stereocenters. The topological polar surface area (TPSA) is 113 Å². The van der Waals surface area contributed by atoms with Crippen LogP contribution < -0.4 is 5.73 Å². The average Bonchev–Trinajstić information content (AvgIpc) is 2.88. The molecule has 0 amide bonds. The molecule has 1 aromatic carbocycles. The van der Waals surface area contributed by atoms with Crippen LogP contribution in [0.3, 0.4) is 0 Å². The predicted octanol–water partition coefficient (Wildman–Crippen LogP) is 1.17. The number of aliphatic carboxylic acids is 1. The summed E-state index contributed by atoms with van der Waals surface area (Å²) in [7, 11) is 0. The van der Waals surface area contributed by atoms with Crippen molar-refractivity contribution < 1.29 is 14.3 Å². The fraction of sp³-hybridized carbons (Fsp3) is 0.154. The third-order valence-corrected chi connectivity index (χ3v) is 2.59. The van der Waals surface area contributed by atoms with E-state index in [1.54, 1.807) is 24.3 Å². The Morgan fingerprint density at radius 1 is 1.47 bits per heavy atom. The van der Waals surface area contributed by atoms with Gasteiger partial charge in [0.25, 0.3) is 0 Å². The number of nitrogens with zero attached hydrogens (tertiary/aromatic N) is 2. The van der Waals surface area contributed by atoms with Crippen molar-refractivity contribution in [3.63, 3.8) is 0 Å². The molecule has 0 saturated carbocycles. The molecule has 6 heteroatoms. The Labute approximate surface area is 109 Å². The van der Waals surface area contributed by atoms with Crippen LogP contribution in [0.25, 0.3) is 11.5 Å². The van der Waals surface area contributed by atoms with Crippen molar-refractivity contribution in [2.24, 2.45) is 5.73 Å². The van der Waals surface area contributed by atoms with Gasteiger partial charge >= 0.3 is 5.97 Å². The maximum atomic E-state index is 10.6. The van der Waals surface area contributed by atoms with E-state index in [1.165, 1.54) is 6.26 Å². The van der Waals surface area contributed by atoms with E-state index in [0.29, 0.717) is 11.5 Å². The van der Waals surface area contributed by atoms with Crippen molar-refractivity contribution >= 4 is 5.97 Å². The molecule has 2 aromatic rings. The fourth-order valence-corrected chi connectivity index (χ4v) is 1.58. The van der Waals surface area contributed by atoms with Crippen LogP contribution in [0.5, 0.6) is 0 Å². The van der Waals surface area contributed by atoms with Gasteiger partial charge < -0.3 is 15.3 Å². The van der Waals surface area contributed by atoms with Crippen molar-refractivity contribution in [3.05, 3.63) is 41.8 Å². The second-order valence-electron chi connectivity index (χ2n) is 4.00. The largest absolute Gasteiger partial charge is 0.480 e. The minimum absolute atomic E-state index is 0.215. The zero-order chi connectivity index (χ0) is 13.8. The number of nitrogens with two attached hydrogens (primary N) is 1. The lowest BCUT2D eigenvalue weighted by molar-refractivity contribution is -0.138. The van der Waals surface area contributed by atoms with Gasteiger partial charge in [0.05, 0.1) is 0 Å². The Morgan fingerprint density at radius 2 is 2.16 bits per heavy atom. The van der Waals surface area contributed by atoms with Gasteiger partial charge in [-0.15, -0.1) is 0 Å². The smallest absolute Gasteiger partial charge is 0.320 e. The van der Waals surface area contributed by atoms with Crippen LogP contribution in [0.2, 0.25) is 0 Å². The third kappa shape index (κ3) is 2.97. The van der Waals surface area contributed by atoms with E-state index in [4.69, 9.17) is 20.5 Å². The maximum Gasteiger partial charge on any atom is 0.320 e. The molecule has 0 fully saturated rings. The number of oxazole rings is 1. The van der Waals surface area contributed by atoms with Crippen LogP contribution in [-0.4, -0.2) is 22.1 Å². The minimum Gasteiger partial charge on any atom is -0.480 e. The fourth-order valence-electron chi connectivity index (χ4n) is 1.58. The van der Waals surface area contributed by atoms with Gasteiger partial charge in [-0.3, -0.25) is 4.79 Å². The number of rotatable bonds is 4. The summed E-state index contributed by atoms with van der Waals surface area (Å²) in [6, 6.07) is 7.97. The number of benzene rings is 1. The number of carboxylic acids is 1. The number of carboxylic acid groups (broad SMARTS) is 1. The van der Waals surface area contributed by atoms with Crippen LogP contribution in [-0.2, 0) is 11.2 Å².